The van der Waals surface area contributed by atoms with Crippen LogP contribution in [0.15, 0.2) is 70.7 Å². The highest BCUT2D eigenvalue weighted by Gasteiger charge is 2.41. The molecule has 2 heterocycles. The van der Waals surface area contributed by atoms with Crippen molar-refractivity contribution >= 4 is 48.2 Å². The predicted molar refractivity (Wildman–Crippen MR) is 140 cm³/mol. The fourth-order valence-electron chi connectivity index (χ4n) is 3.66. The number of aromatic nitrogens is 2. The van der Waals surface area contributed by atoms with Crippen LogP contribution in [-0.4, -0.2) is 54.7 Å². The maximum atomic E-state index is 13.1. The van der Waals surface area contributed by atoms with Crippen molar-refractivity contribution in [1.29, 1.82) is 0 Å². The van der Waals surface area contributed by atoms with E-state index in [0.717, 1.165) is 41.5 Å². The molecule has 1 unspecified atom stereocenters. The Hall–Kier alpha value is -2.14. The Kier molecular flexibility index (Phi) is 11.5. The van der Waals surface area contributed by atoms with E-state index in [0.29, 0.717) is 18.3 Å². The molecule has 0 bridgehead atoms. The van der Waals surface area contributed by atoms with Crippen molar-refractivity contribution in [3.8, 4) is 5.75 Å². The van der Waals surface area contributed by atoms with Crippen LogP contribution in [0.3, 0.4) is 0 Å². The molecule has 0 aliphatic carbocycles. The summed E-state index contributed by atoms with van der Waals surface area (Å²) in [5.41, 5.74) is 0.821. The standard InChI is InChI=1S/C24H27FN4O3S.2ClH/c1-30-17-24(31-2,29-15-3-4-16-29)32-20-9-7-19(8-10-20)27-23-26-14-13-22(28-23)33-21-11-5-18(25)6-12-21;;/h5-14H,3-4,15-17H2,1-2H3,(H,26,27,28);2*1H. The second-order valence-corrected chi connectivity index (χ2v) is 8.66. The van der Waals surface area contributed by atoms with Crippen molar-refractivity contribution in [2.75, 3.05) is 39.2 Å². The largest absolute Gasteiger partial charge is 0.447 e. The van der Waals surface area contributed by atoms with Gasteiger partial charge in [0.15, 0.2) is 0 Å². The number of hydrogen-bond acceptors (Lipinski definition) is 8. The lowest BCUT2D eigenvalue weighted by Gasteiger charge is -2.39. The second kappa shape index (κ2) is 13.8. The van der Waals surface area contributed by atoms with Gasteiger partial charge in [-0.15, -0.1) is 24.8 Å². The van der Waals surface area contributed by atoms with Gasteiger partial charge in [0.2, 0.25) is 5.95 Å². The zero-order chi connectivity index (χ0) is 23.1. The van der Waals surface area contributed by atoms with E-state index in [1.54, 1.807) is 32.5 Å². The molecule has 7 nitrogen and oxygen atoms in total. The van der Waals surface area contributed by atoms with Crippen molar-refractivity contribution in [2.45, 2.75) is 28.7 Å². The summed E-state index contributed by atoms with van der Waals surface area (Å²) in [5, 5.41) is 3.96. The normalized spacial score (nSPS) is 14.9. The highest BCUT2D eigenvalue weighted by atomic mass is 35.5. The number of methoxy groups -OCH3 is 2. The molecule has 190 valence electrons. The number of halogens is 3. The lowest BCUT2D eigenvalue weighted by atomic mass is 10.3. The molecule has 1 atom stereocenters. The van der Waals surface area contributed by atoms with Crippen molar-refractivity contribution in [3.05, 3.63) is 66.6 Å². The second-order valence-electron chi connectivity index (χ2n) is 7.57. The summed E-state index contributed by atoms with van der Waals surface area (Å²) < 4.78 is 30.6. The summed E-state index contributed by atoms with van der Waals surface area (Å²) >= 11 is 1.44. The van der Waals surface area contributed by atoms with Gasteiger partial charge in [0.25, 0.3) is 5.91 Å². The summed E-state index contributed by atoms with van der Waals surface area (Å²) in [6, 6.07) is 15.7. The number of ether oxygens (including phenoxy) is 3. The Morgan fingerprint density at radius 1 is 1.00 bits per heavy atom. The monoisotopic (exact) mass is 542 g/mol. The molecule has 4 rings (SSSR count). The molecule has 11 heteroatoms. The molecule has 0 amide bonds. The first-order valence-electron chi connectivity index (χ1n) is 10.7. The molecule has 0 spiro atoms. The molecule has 1 N–H and O–H groups in total. The average molecular weight is 543 g/mol. The SMILES string of the molecule is COCC(OC)(Oc1ccc(Nc2nccc(Sc3ccc(F)cc3)n2)cc1)N1CCCC1.Cl.Cl. The summed E-state index contributed by atoms with van der Waals surface area (Å²) in [7, 11) is 3.28. The number of nitrogens with one attached hydrogen (secondary N) is 1. The quantitative estimate of drug-likeness (QED) is 0.255. The van der Waals surface area contributed by atoms with Gasteiger partial charge in [-0.2, -0.15) is 0 Å². The molecule has 1 fully saturated rings. The average Bonchev–Trinajstić information content (AvgIpc) is 3.37. The summed E-state index contributed by atoms with van der Waals surface area (Å²) in [4.78, 5) is 11.9. The van der Waals surface area contributed by atoms with Gasteiger partial charge in [-0.25, -0.2) is 19.3 Å². The van der Waals surface area contributed by atoms with Gasteiger partial charge >= 0.3 is 0 Å². The number of likely N-dealkylation sites (tertiary alicyclic amines) is 1. The van der Waals surface area contributed by atoms with E-state index in [-0.39, 0.29) is 30.6 Å². The molecule has 35 heavy (non-hydrogen) atoms. The van der Waals surface area contributed by atoms with E-state index in [2.05, 4.69) is 20.2 Å². The number of hydrogen-bond donors (Lipinski definition) is 1. The fourth-order valence-corrected chi connectivity index (χ4v) is 4.43. The van der Waals surface area contributed by atoms with Gasteiger partial charge < -0.3 is 19.5 Å². The molecule has 0 radical (unpaired) electrons. The van der Waals surface area contributed by atoms with Gasteiger partial charge in [0, 0.05) is 44.1 Å². The van der Waals surface area contributed by atoms with Crippen molar-refractivity contribution in [2.24, 2.45) is 0 Å². The third-order valence-corrected chi connectivity index (χ3v) is 6.23. The molecule has 1 saturated heterocycles. The van der Waals surface area contributed by atoms with E-state index in [9.17, 15) is 4.39 Å². The Bertz CT molecular complexity index is 1040. The zero-order valence-corrected chi connectivity index (χ0v) is 21.9. The number of rotatable bonds is 10. The lowest BCUT2D eigenvalue weighted by Crippen LogP contribution is -2.56. The highest BCUT2D eigenvalue weighted by Crippen LogP contribution is 2.29. The summed E-state index contributed by atoms with van der Waals surface area (Å²) in [6.45, 7) is 2.11. The topological polar surface area (TPSA) is 68.7 Å². The van der Waals surface area contributed by atoms with Gasteiger partial charge in [-0.3, -0.25) is 0 Å². The van der Waals surface area contributed by atoms with Crippen LogP contribution in [0.4, 0.5) is 16.0 Å². The third-order valence-electron chi connectivity index (χ3n) is 5.29. The van der Waals surface area contributed by atoms with Crippen LogP contribution in [0.1, 0.15) is 12.8 Å². The van der Waals surface area contributed by atoms with Gasteiger partial charge in [-0.05, 0) is 67.4 Å². The lowest BCUT2D eigenvalue weighted by molar-refractivity contribution is -0.277. The highest BCUT2D eigenvalue weighted by molar-refractivity contribution is 7.99. The van der Waals surface area contributed by atoms with Crippen LogP contribution in [0.2, 0.25) is 0 Å². The fraction of sp³-hybridized carbons (Fsp3) is 0.333. The maximum absolute atomic E-state index is 13.1. The smallest absolute Gasteiger partial charge is 0.297 e. The minimum Gasteiger partial charge on any atom is -0.447 e. The Balaban J connectivity index is 0.00000216. The van der Waals surface area contributed by atoms with Crippen molar-refractivity contribution < 1.29 is 18.6 Å². The van der Waals surface area contributed by atoms with Gasteiger partial charge in [0.1, 0.15) is 23.2 Å². The van der Waals surface area contributed by atoms with E-state index < -0.39 is 5.91 Å². The first-order chi connectivity index (χ1) is 16.1. The molecule has 1 aromatic heterocycles. The minimum atomic E-state index is -0.949. The maximum Gasteiger partial charge on any atom is 0.297 e. The Morgan fingerprint density at radius 2 is 1.69 bits per heavy atom. The first kappa shape index (κ1) is 29.1. The zero-order valence-electron chi connectivity index (χ0n) is 19.5. The van der Waals surface area contributed by atoms with Crippen LogP contribution in [0, 0.1) is 5.82 Å². The Labute approximate surface area is 221 Å². The number of nitrogens with zero attached hydrogens (tertiary/aromatic N) is 3. The van der Waals surface area contributed by atoms with Crippen LogP contribution in [0.25, 0.3) is 0 Å². The van der Waals surface area contributed by atoms with Gasteiger partial charge in [-0.1, -0.05) is 11.8 Å². The predicted octanol–water partition coefficient (Wildman–Crippen LogP) is 5.78. The minimum absolute atomic E-state index is 0. The molecule has 3 aromatic rings. The number of anilines is 2. The summed E-state index contributed by atoms with van der Waals surface area (Å²) in [6.07, 6.45) is 3.91. The van der Waals surface area contributed by atoms with E-state index in [1.165, 1.54) is 23.9 Å². The van der Waals surface area contributed by atoms with Crippen LogP contribution in [0.5, 0.6) is 5.75 Å². The van der Waals surface area contributed by atoms with E-state index in [1.807, 2.05) is 30.3 Å². The molecule has 1 aliphatic rings. The molecule has 1 aliphatic heterocycles. The van der Waals surface area contributed by atoms with E-state index in [4.69, 9.17) is 14.2 Å². The third kappa shape index (κ3) is 7.67. The Morgan fingerprint density at radius 3 is 2.31 bits per heavy atom. The van der Waals surface area contributed by atoms with Crippen molar-refractivity contribution in [3.63, 3.8) is 0 Å². The van der Waals surface area contributed by atoms with Gasteiger partial charge in [0.05, 0.1) is 0 Å². The van der Waals surface area contributed by atoms with Crippen molar-refractivity contribution in [1.82, 2.24) is 14.9 Å². The summed E-state index contributed by atoms with van der Waals surface area (Å²) in [5.74, 6) is -0.0663. The van der Waals surface area contributed by atoms with E-state index >= 15 is 0 Å². The first-order valence-corrected chi connectivity index (χ1v) is 11.5. The molecular formula is C24H29Cl2FN4O3S. The molecule has 0 saturated carbocycles. The van der Waals surface area contributed by atoms with Crippen LogP contribution < -0.4 is 10.1 Å². The molecular weight excluding hydrogens is 514 g/mol. The number of benzene rings is 2. The van der Waals surface area contributed by atoms with Crippen LogP contribution in [-0.2, 0) is 9.47 Å². The van der Waals surface area contributed by atoms with Crippen LogP contribution >= 0.6 is 36.6 Å². The molecule has 2 aromatic carbocycles.